The van der Waals surface area contributed by atoms with Crippen LogP contribution in [-0.4, -0.2) is 22.0 Å². The van der Waals surface area contributed by atoms with Crippen LogP contribution in [0.25, 0.3) is 0 Å². The van der Waals surface area contributed by atoms with Crippen molar-refractivity contribution in [3.05, 3.63) is 23.8 Å². The number of anilines is 1. The maximum absolute atomic E-state index is 11.7. The molecule has 1 aromatic rings. The molecule has 0 aromatic heterocycles. The zero-order chi connectivity index (χ0) is 12.9. The highest BCUT2D eigenvalue weighted by atomic mass is 32.2. The summed E-state index contributed by atoms with van der Waals surface area (Å²) < 4.78 is 25.6. The van der Waals surface area contributed by atoms with E-state index in [0.29, 0.717) is 4.90 Å². The minimum absolute atomic E-state index is 0.296. The van der Waals surface area contributed by atoms with Gasteiger partial charge in [-0.25, -0.2) is 13.1 Å². The molecule has 1 rings (SSSR count). The quantitative estimate of drug-likeness (QED) is 0.766. The van der Waals surface area contributed by atoms with Crippen LogP contribution in [0.3, 0.4) is 0 Å². The van der Waals surface area contributed by atoms with E-state index in [9.17, 15) is 8.42 Å². The number of unbranched alkanes of at least 4 members (excludes halogenated alkanes) is 1. The van der Waals surface area contributed by atoms with Gasteiger partial charge in [0.25, 0.3) is 0 Å². The molecule has 17 heavy (non-hydrogen) atoms. The first kappa shape index (κ1) is 14.0. The maximum Gasteiger partial charge on any atom is 0.240 e. The van der Waals surface area contributed by atoms with E-state index < -0.39 is 10.0 Å². The first-order valence-corrected chi connectivity index (χ1v) is 7.27. The molecule has 1 aromatic carbocycles. The van der Waals surface area contributed by atoms with E-state index in [1.165, 1.54) is 7.05 Å². The van der Waals surface area contributed by atoms with E-state index in [2.05, 4.69) is 17.0 Å². The zero-order valence-electron chi connectivity index (χ0n) is 10.6. The van der Waals surface area contributed by atoms with Crippen LogP contribution in [-0.2, 0) is 10.0 Å². The number of benzene rings is 1. The highest BCUT2D eigenvalue weighted by Crippen LogP contribution is 2.20. The fourth-order valence-corrected chi connectivity index (χ4v) is 2.23. The Bertz CT molecular complexity index is 469. The fraction of sp³-hybridized carbons (Fsp3) is 0.500. The van der Waals surface area contributed by atoms with Crippen molar-refractivity contribution in [3.8, 4) is 0 Å². The monoisotopic (exact) mass is 256 g/mol. The molecule has 0 atom stereocenters. The molecule has 0 amide bonds. The van der Waals surface area contributed by atoms with Crippen LogP contribution >= 0.6 is 0 Å². The molecule has 0 aliphatic heterocycles. The van der Waals surface area contributed by atoms with E-state index in [0.717, 1.165) is 30.6 Å². The van der Waals surface area contributed by atoms with Crippen LogP contribution in [0.2, 0.25) is 0 Å². The minimum atomic E-state index is -3.36. The van der Waals surface area contributed by atoms with E-state index in [-0.39, 0.29) is 0 Å². The van der Waals surface area contributed by atoms with Gasteiger partial charge in [-0.05, 0) is 38.1 Å². The molecule has 0 unspecified atom stereocenters. The van der Waals surface area contributed by atoms with Gasteiger partial charge in [0.1, 0.15) is 0 Å². The van der Waals surface area contributed by atoms with Crippen molar-refractivity contribution in [1.82, 2.24) is 4.72 Å². The van der Waals surface area contributed by atoms with Gasteiger partial charge in [0.2, 0.25) is 10.0 Å². The van der Waals surface area contributed by atoms with Gasteiger partial charge in [-0.15, -0.1) is 0 Å². The molecule has 0 heterocycles. The Balaban J connectivity index is 2.95. The van der Waals surface area contributed by atoms with Crippen molar-refractivity contribution in [2.75, 3.05) is 18.9 Å². The summed E-state index contributed by atoms with van der Waals surface area (Å²) in [6.45, 7) is 4.95. The molecule has 0 fully saturated rings. The molecule has 0 aliphatic rings. The van der Waals surface area contributed by atoms with Crippen molar-refractivity contribution >= 4 is 15.7 Å². The Kier molecular flexibility index (Phi) is 4.96. The van der Waals surface area contributed by atoms with Crippen molar-refractivity contribution in [3.63, 3.8) is 0 Å². The van der Waals surface area contributed by atoms with Crippen LogP contribution in [0.4, 0.5) is 5.69 Å². The van der Waals surface area contributed by atoms with Gasteiger partial charge in [-0.1, -0.05) is 19.4 Å². The first-order chi connectivity index (χ1) is 8.01. The van der Waals surface area contributed by atoms with Crippen molar-refractivity contribution < 1.29 is 8.42 Å². The second-order valence-electron chi connectivity index (χ2n) is 3.96. The van der Waals surface area contributed by atoms with Gasteiger partial charge in [0.15, 0.2) is 0 Å². The number of hydrogen-bond donors (Lipinski definition) is 2. The Morgan fingerprint density at radius 1 is 1.29 bits per heavy atom. The lowest BCUT2D eigenvalue weighted by Gasteiger charge is -2.11. The Morgan fingerprint density at radius 2 is 2.00 bits per heavy atom. The van der Waals surface area contributed by atoms with Crippen LogP contribution in [0.15, 0.2) is 23.1 Å². The van der Waals surface area contributed by atoms with Gasteiger partial charge >= 0.3 is 0 Å². The molecule has 0 radical (unpaired) electrons. The van der Waals surface area contributed by atoms with Gasteiger partial charge < -0.3 is 5.32 Å². The number of hydrogen-bond acceptors (Lipinski definition) is 3. The Labute approximate surface area is 103 Å². The van der Waals surface area contributed by atoms with Crippen molar-refractivity contribution in [1.29, 1.82) is 0 Å². The van der Waals surface area contributed by atoms with Crippen molar-refractivity contribution in [2.45, 2.75) is 31.6 Å². The number of nitrogens with one attached hydrogen (secondary N) is 2. The van der Waals surface area contributed by atoms with Gasteiger partial charge in [-0.2, -0.15) is 0 Å². The second kappa shape index (κ2) is 6.02. The summed E-state index contributed by atoms with van der Waals surface area (Å²) in [5, 5.41) is 3.26. The number of aryl methyl sites for hydroxylation is 1. The van der Waals surface area contributed by atoms with Crippen molar-refractivity contribution in [2.24, 2.45) is 0 Å². The lowest BCUT2D eigenvalue weighted by molar-refractivity contribution is 0.588. The first-order valence-electron chi connectivity index (χ1n) is 5.79. The van der Waals surface area contributed by atoms with Crippen LogP contribution < -0.4 is 10.0 Å². The number of sulfonamides is 1. The fourth-order valence-electron chi connectivity index (χ4n) is 1.48. The Morgan fingerprint density at radius 3 is 2.59 bits per heavy atom. The highest BCUT2D eigenvalue weighted by Gasteiger charge is 2.12. The molecular weight excluding hydrogens is 236 g/mol. The standard InChI is InChI=1S/C12H20N2O2S/c1-4-5-8-14-12-9-11(7-6-10(12)2)17(15,16)13-3/h6-7,9,13-14H,4-5,8H2,1-3H3. The average molecular weight is 256 g/mol. The molecule has 0 bridgehead atoms. The maximum atomic E-state index is 11.7. The van der Waals surface area contributed by atoms with Crippen LogP contribution in [0.1, 0.15) is 25.3 Å². The third kappa shape index (κ3) is 3.71. The summed E-state index contributed by atoms with van der Waals surface area (Å²) in [5.74, 6) is 0. The van der Waals surface area contributed by atoms with Gasteiger partial charge in [0.05, 0.1) is 4.90 Å². The predicted octanol–water partition coefficient (Wildman–Crippen LogP) is 2.12. The van der Waals surface area contributed by atoms with E-state index in [1.54, 1.807) is 12.1 Å². The summed E-state index contributed by atoms with van der Waals surface area (Å²) in [5.41, 5.74) is 1.94. The van der Waals surface area contributed by atoms with Gasteiger partial charge in [-0.3, -0.25) is 0 Å². The summed E-state index contributed by atoms with van der Waals surface area (Å²) in [7, 11) is -1.94. The Hall–Kier alpha value is -1.07. The largest absolute Gasteiger partial charge is 0.385 e. The second-order valence-corrected chi connectivity index (χ2v) is 5.85. The molecule has 0 saturated carbocycles. The summed E-state index contributed by atoms with van der Waals surface area (Å²) >= 11 is 0. The molecular formula is C12H20N2O2S. The molecule has 5 heteroatoms. The molecule has 0 saturated heterocycles. The molecule has 0 aliphatic carbocycles. The third-order valence-corrected chi connectivity index (χ3v) is 4.05. The predicted molar refractivity (Wildman–Crippen MR) is 70.8 cm³/mol. The van der Waals surface area contributed by atoms with E-state index in [1.807, 2.05) is 13.0 Å². The smallest absolute Gasteiger partial charge is 0.240 e. The van der Waals surface area contributed by atoms with Gasteiger partial charge in [0, 0.05) is 12.2 Å². The lowest BCUT2D eigenvalue weighted by atomic mass is 10.2. The number of rotatable bonds is 6. The summed E-state index contributed by atoms with van der Waals surface area (Å²) in [4.78, 5) is 0.296. The molecule has 4 nitrogen and oxygen atoms in total. The third-order valence-electron chi connectivity index (χ3n) is 2.63. The molecule has 2 N–H and O–H groups in total. The van der Waals surface area contributed by atoms with E-state index >= 15 is 0 Å². The summed E-state index contributed by atoms with van der Waals surface area (Å²) in [6, 6.07) is 5.11. The van der Waals surface area contributed by atoms with Crippen LogP contribution in [0.5, 0.6) is 0 Å². The summed E-state index contributed by atoms with van der Waals surface area (Å²) in [6.07, 6.45) is 2.18. The average Bonchev–Trinajstić information content (AvgIpc) is 2.31. The topological polar surface area (TPSA) is 58.2 Å². The molecule has 96 valence electrons. The molecule has 0 spiro atoms. The lowest BCUT2D eigenvalue weighted by Crippen LogP contribution is -2.18. The zero-order valence-corrected chi connectivity index (χ0v) is 11.4. The minimum Gasteiger partial charge on any atom is -0.385 e. The van der Waals surface area contributed by atoms with E-state index in [4.69, 9.17) is 0 Å². The van der Waals surface area contributed by atoms with Crippen LogP contribution in [0, 0.1) is 6.92 Å². The highest BCUT2D eigenvalue weighted by molar-refractivity contribution is 7.89. The SMILES string of the molecule is CCCCNc1cc(S(=O)(=O)NC)ccc1C. The normalized spacial score (nSPS) is 11.5.